The quantitative estimate of drug-likeness (QED) is 0.831. The lowest BCUT2D eigenvalue weighted by atomic mass is 9.99. The van der Waals surface area contributed by atoms with E-state index in [0.717, 1.165) is 6.42 Å². The zero-order chi connectivity index (χ0) is 15.2. The van der Waals surface area contributed by atoms with E-state index in [-0.39, 0.29) is 5.91 Å². The summed E-state index contributed by atoms with van der Waals surface area (Å²) in [5.41, 5.74) is -0.196. The van der Waals surface area contributed by atoms with Crippen molar-refractivity contribution in [3.05, 3.63) is 23.2 Å². The van der Waals surface area contributed by atoms with Gasteiger partial charge < -0.3 is 14.8 Å². The molecular formula is C15H22ClNO3. The average Bonchev–Trinajstić information content (AvgIpc) is 2.39. The maximum absolute atomic E-state index is 12.4. The van der Waals surface area contributed by atoms with Gasteiger partial charge in [-0.1, -0.05) is 24.9 Å². The van der Waals surface area contributed by atoms with Crippen molar-refractivity contribution in [3.8, 4) is 5.75 Å². The predicted molar refractivity (Wildman–Crippen MR) is 81.6 cm³/mol. The number of benzene rings is 1. The minimum absolute atomic E-state index is 0.164. The Morgan fingerprint density at radius 2 is 2.10 bits per heavy atom. The van der Waals surface area contributed by atoms with Crippen molar-refractivity contribution >= 4 is 23.2 Å². The molecule has 0 aliphatic rings. The molecule has 0 aliphatic carbocycles. The van der Waals surface area contributed by atoms with Crippen LogP contribution in [0.15, 0.2) is 18.2 Å². The number of halogens is 1. The number of anilines is 1. The fourth-order valence-electron chi connectivity index (χ4n) is 2.05. The number of rotatable bonds is 7. The Labute approximate surface area is 125 Å². The summed E-state index contributed by atoms with van der Waals surface area (Å²) in [7, 11) is 1.55. The second-order valence-electron chi connectivity index (χ2n) is 4.72. The maximum Gasteiger partial charge on any atom is 0.256 e. The van der Waals surface area contributed by atoms with Gasteiger partial charge in [0.15, 0.2) is 0 Å². The van der Waals surface area contributed by atoms with E-state index < -0.39 is 5.60 Å². The van der Waals surface area contributed by atoms with E-state index in [0.29, 0.717) is 29.5 Å². The van der Waals surface area contributed by atoms with Crippen LogP contribution in [-0.4, -0.2) is 25.2 Å². The van der Waals surface area contributed by atoms with Gasteiger partial charge in [-0.2, -0.15) is 0 Å². The predicted octanol–water partition coefficient (Wildman–Crippen LogP) is 3.88. The lowest BCUT2D eigenvalue weighted by Crippen LogP contribution is -2.42. The van der Waals surface area contributed by atoms with Gasteiger partial charge in [-0.25, -0.2) is 0 Å². The molecule has 0 radical (unpaired) electrons. The summed E-state index contributed by atoms with van der Waals surface area (Å²) in [5.74, 6) is 0.410. The number of amides is 1. The molecule has 1 N–H and O–H groups in total. The molecule has 1 rings (SSSR count). The first kappa shape index (κ1) is 16.8. The molecule has 1 aromatic carbocycles. The Hall–Kier alpha value is -1.26. The Kier molecular flexibility index (Phi) is 6.30. The molecule has 0 saturated carbocycles. The highest BCUT2D eigenvalue weighted by atomic mass is 35.5. The van der Waals surface area contributed by atoms with Crippen LogP contribution in [0.2, 0.25) is 5.02 Å². The summed E-state index contributed by atoms with van der Waals surface area (Å²) in [4.78, 5) is 12.4. The number of carbonyl (C=O) groups is 1. The second kappa shape index (κ2) is 7.50. The maximum atomic E-state index is 12.4. The van der Waals surface area contributed by atoms with Crippen molar-refractivity contribution in [2.75, 3.05) is 19.0 Å². The fourth-order valence-corrected chi connectivity index (χ4v) is 2.31. The smallest absolute Gasteiger partial charge is 0.256 e. The van der Waals surface area contributed by atoms with E-state index in [1.54, 1.807) is 32.2 Å². The highest BCUT2D eigenvalue weighted by Gasteiger charge is 2.32. The van der Waals surface area contributed by atoms with Crippen LogP contribution in [-0.2, 0) is 9.53 Å². The molecule has 5 heteroatoms. The molecule has 0 aliphatic heterocycles. The van der Waals surface area contributed by atoms with Gasteiger partial charge in [-0.05, 0) is 38.5 Å². The Bertz CT molecular complexity index is 456. The summed E-state index contributed by atoms with van der Waals surface area (Å²) in [5, 5.41) is 3.30. The van der Waals surface area contributed by atoms with E-state index in [1.165, 1.54) is 0 Å². The highest BCUT2D eigenvalue weighted by Crippen LogP contribution is 2.28. The van der Waals surface area contributed by atoms with Crippen LogP contribution in [0.1, 0.15) is 33.6 Å². The molecule has 112 valence electrons. The molecule has 1 aromatic rings. The van der Waals surface area contributed by atoms with Crippen LogP contribution in [0.3, 0.4) is 0 Å². The van der Waals surface area contributed by atoms with Crippen molar-refractivity contribution in [3.63, 3.8) is 0 Å². The van der Waals surface area contributed by atoms with Crippen LogP contribution in [0.5, 0.6) is 5.75 Å². The molecule has 0 heterocycles. The number of hydrogen-bond acceptors (Lipinski definition) is 3. The number of methoxy groups -OCH3 is 1. The molecule has 0 spiro atoms. The van der Waals surface area contributed by atoms with Crippen LogP contribution in [0.4, 0.5) is 5.69 Å². The number of hydrogen-bond donors (Lipinski definition) is 1. The van der Waals surface area contributed by atoms with Crippen molar-refractivity contribution in [2.45, 2.75) is 39.2 Å². The van der Waals surface area contributed by atoms with Gasteiger partial charge in [0, 0.05) is 12.3 Å². The van der Waals surface area contributed by atoms with Gasteiger partial charge in [0.25, 0.3) is 5.91 Å². The lowest BCUT2D eigenvalue weighted by Gasteiger charge is -2.27. The molecule has 0 aromatic heterocycles. The normalized spacial score (nSPS) is 13.7. The lowest BCUT2D eigenvalue weighted by molar-refractivity contribution is -0.139. The monoisotopic (exact) mass is 299 g/mol. The van der Waals surface area contributed by atoms with Gasteiger partial charge in [-0.15, -0.1) is 0 Å². The van der Waals surface area contributed by atoms with Gasteiger partial charge in [0.05, 0.1) is 12.1 Å². The van der Waals surface area contributed by atoms with Crippen LogP contribution in [0.25, 0.3) is 0 Å². The fraction of sp³-hybridized carbons (Fsp3) is 0.533. The molecule has 4 nitrogen and oxygen atoms in total. The van der Waals surface area contributed by atoms with E-state index >= 15 is 0 Å². The van der Waals surface area contributed by atoms with Gasteiger partial charge in [0.2, 0.25) is 0 Å². The largest absolute Gasteiger partial charge is 0.495 e. The Morgan fingerprint density at radius 1 is 1.40 bits per heavy atom. The standard InChI is InChI=1S/C15H22ClNO3/c1-5-9-15(3,20-6-2)14(18)17-11-7-8-13(19-4)12(16)10-11/h7-8,10H,5-6,9H2,1-4H3,(H,17,18)/t15-/m0/s1. The van der Waals surface area contributed by atoms with Crippen molar-refractivity contribution in [1.82, 2.24) is 0 Å². The second-order valence-corrected chi connectivity index (χ2v) is 5.12. The Balaban J connectivity index is 2.85. The molecule has 1 amide bonds. The third-order valence-electron chi connectivity index (χ3n) is 3.08. The molecular weight excluding hydrogens is 278 g/mol. The van der Waals surface area contributed by atoms with Crippen LogP contribution < -0.4 is 10.1 Å². The highest BCUT2D eigenvalue weighted by molar-refractivity contribution is 6.32. The van der Waals surface area contributed by atoms with Crippen LogP contribution >= 0.6 is 11.6 Å². The summed E-state index contributed by atoms with van der Waals surface area (Å²) in [6, 6.07) is 5.13. The summed E-state index contributed by atoms with van der Waals surface area (Å²) in [6.45, 7) is 6.20. The third-order valence-corrected chi connectivity index (χ3v) is 3.38. The average molecular weight is 300 g/mol. The number of ether oxygens (including phenoxy) is 2. The zero-order valence-electron chi connectivity index (χ0n) is 12.5. The van der Waals surface area contributed by atoms with Crippen molar-refractivity contribution < 1.29 is 14.3 Å². The van der Waals surface area contributed by atoms with E-state index in [1.807, 2.05) is 13.8 Å². The van der Waals surface area contributed by atoms with E-state index in [9.17, 15) is 4.79 Å². The number of nitrogens with one attached hydrogen (secondary N) is 1. The molecule has 0 fully saturated rings. The Morgan fingerprint density at radius 3 is 2.60 bits per heavy atom. The first-order chi connectivity index (χ1) is 9.46. The summed E-state index contributed by atoms with van der Waals surface area (Å²) < 4.78 is 10.7. The topological polar surface area (TPSA) is 47.6 Å². The van der Waals surface area contributed by atoms with Gasteiger partial charge in [-0.3, -0.25) is 4.79 Å². The zero-order valence-corrected chi connectivity index (χ0v) is 13.2. The van der Waals surface area contributed by atoms with E-state index in [4.69, 9.17) is 21.1 Å². The minimum atomic E-state index is -0.824. The number of carbonyl (C=O) groups excluding carboxylic acids is 1. The molecule has 0 bridgehead atoms. The van der Waals surface area contributed by atoms with Crippen LogP contribution in [0, 0.1) is 0 Å². The summed E-state index contributed by atoms with van der Waals surface area (Å²) in [6.07, 6.45) is 1.53. The van der Waals surface area contributed by atoms with Gasteiger partial charge >= 0.3 is 0 Å². The minimum Gasteiger partial charge on any atom is -0.495 e. The van der Waals surface area contributed by atoms with Gasteiger partial charge in [0.1, 0.15) is 11.4 Å². The van der Waals surface area contributed by atoms with Crippen molar-refractivity contribution in [2.24, 2.45) is 0 Å². The molecule has 1 atom stereocenters. The van der Waals surface area contributed by atoms with E-state index in [2.05, 4.69) is 5.32 Å². The molecule has 0 saturated heterocycles. The first-order valence-corrected chi connectivity index (χ1v) is 7.13. The van der Waals surface area contributed by atoms with Crippen molar-refractivity contribution in [1.29, 1.82) is 0 Å². The first-order valence-electron chi connectivity index (χ1n) is 6.75. The molecule has 0 unspecified atom stereocenters. The molecule has 20 heavy (non-hydrogen) atoms. The summed E-state index contributed by atoms with van der Waals surface area (Å²) >= 11 is 6.04. The SMILES string of the molecule is CCC[C@](C)(OCC)C(=O)Nc1ccc(OC)c(Cl)c1. The third kappa shape index (κ3) is 4.12.